The van der Waals surface area contributed by atoms with Crippen molar-refractivity contribution >= 4 is 36.1 Å². The first-order valence-corrected chi connectivity index (χ1v) is 7.37. The van der Waals surface area contributed by atoms with Crippen LogP contribution in [0.3, 0.4) is 0 Å². The van der Waals surface area contributed by atoms with Crippen molar-refractivity contribution in [2.45, 2.75) is 6.04 Å². The van der Waals surface area contributed by atoms with Crippen LogP contribution < -0.4 is 10.1 Å². The van der Waals surface area contributed by atoms with E-state index in [1.54, 1.807) is 24.3 Å². The zero-order valence-corrected chi connectivity index (χ0v) is 10.2. The molecule has 0 fully saturated rings. The van der Waals surface area contributed by atoms with E-state index in [1.165, 1.54) is 0 Å². The van der Waals surface area contributed by atoms with Gasteiger partial charge in [0.15, 0.2) is 0 Å². The first-order valence-electron chi connectivity index (χ1n) is 4.09. The van der Waals surface area contributed by atoms with Crippen LogP contribution in [0.25, 0.3) is 0 Å². The number of hydrogen-bond acceptors (Lipinski definition) is 4. The number of carbonyl (C=O) groups is 1. The third-order valence-corrected chi connectivity index (χ3v) is 5.24. The van der Waals surface area contributed by atoms with Crippen molar-refractivity contribution < 1.29 is 8.53 Å². The zero-order chi connectivity index (χ0) is 10.6. The molecule has 0 aliphatic carbocycles. The predicted octanol–water partition coefficient (Wildman–Crippen LogP) is -0.319. The SMILES string of the molecule is N[C@@H](CS)C(=O)[As](=O)c1ccccc1. The van der Waals surface area contributed by atoms with Gasteiger partial charge in [-0.2, -0.15) is 0 Å². The maximum atomic E-state index is 11.7. The van der Waals surface area contributed by atoms with Gasteiger partial charge in [0.2, 0.25) is 0 Å². The fourth-order valence-corrected chi connectivity index (χ4v) is 3.68. The minimum atomic E-state index is -2.86. The van der Waals surface area contributed by atoms with Crippen LogP contribution in [0.1, 0.15) is 0 Å². The first-order chi connectivity index (χ1) is 6.66. The molecule has 3 nitrogen and oxygen atoms in total. The number of hydrogen-bond donors (Lipinski definition) is 2. The third-order valence-electron chi connectivity index (χ3n) is 1.70. The molecule has 1 rings (SSSR count). The number of benzene rings is 1. The normalized spacial score (nSPS) is 13.4. The Hall–Kier alpha value is -0.442. The quantitative estimate of drug-likeness (QED) is 0.583. The maximum absolute atomic E-state index is 11.7. The van der Waals surface area contributed by atoms with Crippen molar-refractivity contribution in [1.82, 2.24) is 0 Å². The molecule has 1 aromatic carbocycles. The van der Waals surface area contributed by atoms with Gasteiger partial charge in [0.25, 0.3) is 0 Å². The van der Waals surface area contributed by atoms with E-state index in [4.69, 9.17) is 5.73 Å². The van der Waals surface area contributed by atoms with Crippen LogP contribution in [0.15, 0.2) is 30.3 Å². The van der Waals surface area contributed by atoms with Gasteiger partial charge in [-0.15, -0.1) is 0 Å². The van der Waals surface area contributed by atoms with Gasteiger partial charge in [0, 0.05) is 0 Å². The van der Waals surface area contributed by atoms with E-state index in [0.717, 1.165) is 0 Å². The van der Waals surface area contributed by atoms with Crippen LogP contribution in [0, 0.1) is 0 Å². The average Bonchev–Trinajstić information content (AvgIpc) is 2.27. The molecule has 75 valence electrons. The molecule has 1 aromatic rings. The molecule has 14 heavy (non-hydrogen) atoms. The molecular formula is C9H11AsNO2S. The molecule has 0 spiro atoms. The summed E-state index contributed by atoms with van der Waals surface area (Å²) >= 11 is 1.04. The Kier molecular flexibility index (Phi) is 4.52. The Bertz CT molecular complexity index is 342. The van der Waals surface area contributed by atoms with E-state index in [2.05, 4.69) is 12.6 Å². The van der Waals surface area contributed by atoms with Crippen LogP contribution >= 0.6 is 12.6 Å². The summed E-state index contributed by atoms with van der Waals surface area (Å²) in [7, 11) is 0. The van der Waals surface area contributed by atoms with Crippen molar-refractivity contribution in [3.63, 3.8) is 0 Å². The van der Waals surface area contributed by atoms with Crippen molar-refractivity contribution in [3.05, 3.63) is 30.3 Å². The molecule has 0 amide bonds. The summed E-state index contributed by atoms with van der Waals surface area (Å²) in [6.45, 7) is 0. The number of rotatable bonds is 4. The molecule has 1 unspecified atom stereocenters. The molecule has 0 aromatic heterocycles. The molecule has 0 saturated carbocycles. The van der Waals surface area contributed by atoms with E-state index in [-0.39, 0.29) is 10.3 Å². The van der Waals surface area contributed by atoms with E-state index < -0.39 is 20.6 Å². The monoisotopic (exact) mass is 272 g/mol. The molecule has 0 heterocycles. The Morgan fingerprint density at radius 1 is 1.43 bits per heavy atom. The van der Waals surface area contributed by atoms with Crippen LogP contribution in [0.4, 0.5) is 0 Å². The second-order valence-electron chi connectivity index (χ2n) is 2.76. The van der Waals surface area contributed by atoms with Crippen molar-refractivity contribution in [1.29, 1.82) is 0 Å². The molecule has 5 heteroatoms. The third kappa shape index (κ3) is 2.77. The van der Waals surface area contributed by atoms with Gasteiger partial charge >= 0.3 is 92.5 Å². The van der Waals surface area contributed by atoms with E-state index >= 15 is 0 Å². The second kappa shape index (κ2) is 5.44. The molecule has 0 saturated heterocycles. The van der Waals surface area contributed by atoms with Crippen molar-refractivity contribution in [2.24, 2.45) is 5.73 Å². The zero-order valence-electron chi connectivity index (χ0n) is 7.46. The van der Waals surface area contributed by atoms with Crippen LogP contribution in [0.2, 0.25) is 0 Å². The van der Waals surface area contributed by atoms with Gasteiger partial charge in [0.1, 0.15) is 0 Å². The molecule has 1 radical (unpaired) electrons. The van der Waals surface area contributed by atoms with Gasteiger partial charge in [-0.1, -0.05) is 0 Å². The topological polar surface area (TPSA) is 60.2 Å². The van der Waals surface area contributed by atoms with Crippen LogP contribution in [-0.4, -0.2) is 31.0 Å². The van der Waals surface area contributed by atoms with E-state index in [1.807, 2.05) is 6.07 Å². The van der Waals surface area contributed by atoms with E-state index in [9.17, 15) is 8.53 Å². The van der Waals surface area contributed by atoms with Crippen molar-refractivity contribution in [2.75, 3.05) is 5.75 Å². The summed E-state index contributed by atoms with van der Waals surface area (Å²) in [4.78, 5) is 11.5. The molecule has 0 bridgehead atoms. The summed E-state index contributed by atoms with van der Waals surface area (Å²) in [5.74, 6) is 0.235. The summed E-state index contributed by atoms with van der Waals surface area (Å²) < 4.78 is 11.9. The molecule has 0 aliphatic heterocycles. The van der Waals surface area contributed by atoms with Gasteiger partial charge in [-0.25, -0.2) is 0 Å². The van der Waals surface area contributed by atoms with Gasteiger partial charge in [0.05, 0.1) is 0 Å². The second-order valence-corrected chi connectivity index (χ2v) is 6.37. The van der Waals surface area contributed by atoms with E-state index in [0.29, 0.717) is 4.35 Å². The predicted molar refractivity (Wildman–Crippen MR) is 59.4 cm³/mol. The Labute approximate surface area is 92.6 Å². The average molecular weight is 272 g/mol. The van der Waals surface area contributed by atoms with Crippen LogP contribution in [-0.2, 0) is 8.53 Å². The molecule has 2 atom stereocenters. The Morgan fingerprint density at radius 2 is 2.00 bits per heavy atom. The molecule has 2 N–H and O–H groups in total. The summed E-state index contributed by atoms with van der Waals surface area (Å²) in [6, 6.07) is 8.00. The molecular weight excluding hydrogens is 261 g/mol. The number of nitrogens with two attached hydrogens (primary N) is 1. The first kappa shape index (κ1) is 11.6. The Morgan fingerprint density at radius 3 is 2.50 bits per heavy atom. The van der Waals surface area contributed by atoms with Crippen molar-refractivity contribution in [3.8, 4) is 0 Å². The summed E-state index contributed by atoms with van der Waals surface area (Å²) in [6.07, 6.45) is 0. The fourth-order valence-electron chi connectivity index (χ4n) is 0.919. The van der Waals surface area contributed by atoms with Crippen LogP contribution in [0.5, 0.6) is 0 Å². The number of thiol groups is 1. The summed E-state index contributed by atoms with van der Waals surface area (Å²) in [5, 5.41) is 0. The Balaban J connectivity index is 2.82. The minimum absolute atomic E-state index is 0.235. The standard InChI is InChI=1S/C9H11AsNO2S/c11-8(6-14)9(12)10(13)7-4-2-1-3-5-7/h1-5,8,14H,6,11H2/t8-/m0/s1. The summed E-state index contributed by atoms with van der Waals surface area (Å²) in [5.41, 5.74) is 5.47. The number of carbonyl (C=O) groups excluding carboxylic acids is 1. The molecule has 0 aliphatic rings. The fraction of sp³-hybridized carbons (Fsp3) is 0.222. The van der Waals surface area contributed by atoms with Gasteiger partial charge in [-0.3, -0.25) is 0 Å². The van der Waals surface area contributed by atoms with Gasteiger partial charge < -0.3 is 0 Å². The van der Waals surface area contributed by atoms with Gasteiger partial charge in [-0.05, 0) is 0 Å².